The van der Waals surface area contributed by atoms with Crippen LogP contribution in [0.1, 0.15) is 34.5 Å². The van der Waals surface area contributed by atoms with E-state index in [1.54, 1.807) is 24.0 Å². The average Bonchev–Trinajstić information content (AvgIpc) is 3.39. The van der Waals surface area contributed by atoms with E-state index in [2.05, 4.69) is 15.0 Å². The maximum atomic E-state index is 14.5. The summed E-state index contributed by atoms with van der Waals surface area (Å²) in [5, 5.41) is 0. The number of hydrogen-bond acceptors (Lipinski definition) is 5. The number of alkyl halides is 3. The zero-order chi connectivity index (χ0) is 24.0. The summed E-state index contributed by atoms with van der Waals surface area (Å²) in [7, 11) is 0. The molecule has 4 heterocycles. The Kier molecular flexibility index (Phi) is 5.45. The topological polar surface area (TPSA) is 68.2 Å². The summed E-state index contributed by atoms with van der Waals surface area (Å²) in [6.45, 7) is 2.26. The monoisotopic (exact) mass is 472 g/mol. The summed E-state index contributed by atoms with van der Waals surface area (Å²) >= 11 is 0. The fourth-order valence-electron chi connectivity index (χ4n) is 4.72. The molecule has 0 N–H and O–H groups in total. The molecule has 34 heavy (non-hydrogen) atoms. The molecule has 2 bridgehead atoms. The molecule has 1 aliphatic carbocycles. The predicted octanol–water partition coefficient (Wildman–Crippen LogP) is 4.69. The van der Waals surface area contributed by atoms with E-state index in [0.717, 1.165) is 12.3 Å². The molecule has 1 saturated heterocycles. The predicted molar refractivity (Wildman–Crippen MR) is 113 cm³/mol. The first kappa shape index (κ1) is 22.2. The van der Waals surface area contributed by atoms with Crippen molar-refractivity contribution in [2.45, 2.75) is 38.1 Å². The van der Waals surface area contributed by atoms with Gasteiger partial charge in [0, 0.05) is 30.7 Å². The van der Waals surface area contributed by atoms with Crippen LogP contribution in [-0.4, -0.2) is 44.4 Å². The number of carbonyl (C=O) groups is 1. The third kappa shape index (κ3) is 4.08. The lowest BCUT2D eigenvalue weighted by Gasteiger charge is -2.33. The van der Waals surface area contributed by atoms with Gasteiger partial charge in [0.2, 0.25) is 5.88 Å². The molecule has 176 valence electrons. The second kappa shape index (κ2) is 8.34. The van der Waals surface area contributed by atoms with E-state index >= 15 is 0 Å². The molecule has 2 fully saturated rings. The number of aromatic nitrogens is 3. The second-order valence-electron chi connectivity index (χ2n) is 8.58. The first-order chi connectivity index (χ1) is 16.2. The Morgan fingerprint density at radius 2 is 1.91 bits per heavy atom. The molecule has 0 aromatic carbocycles. The maximum absolute atomic E-state index is 14.5. The number of pyridine rings is 3. The Morgan fingerprint density at radius 1 is 1.09 bits per heavy atom. The number of carbonyl (C=O) groups excluding carboxylic acids is 1. The third-order valence-electron chi connectivity index (χ3n) is 6.27. The molecule has 3 atom stereocenters. The number of fused-ring (bicyclic) bond motifs is 2. The number of amides is 1. The standard InChI is InChI=1S/C24H20F4N4O2/c1-13-4-6-16(21(31-13)22-17(25)3-2-8-29-22)23(33)32-12-14-9-18(32)19(10-14)34-20-7-5-15(11-30-20)24(26,27)28/h2-8,11,14,18-19H,9-10,12H2,1H3/t14-,18+,19-/m1/s1. The first-order valence-electron chi connectivity index (χ1n) is 10.8. The quantitative estimate of drug-likeness (QED) is 0.516. The van der Waals surface area contributed by atoms with Crippen LogP contribution in [-0.2, 0) is 6.18 Å². The van der Waals surface area contributed by atoms with Crippen LogP contribution in [0.3, 0.4) is 0 Å². The van der Waals surface area contributed by atoms with Crippen LogP contribution in [0.15, 0.2) is 48.8 Å². The van der Waals surface area contributed by atoms with Crippen molar-refractivity contribution in [1.29, 1.82) is 0 Å². The maximum Gasteiger partial charge on any atom is 0.417 e. The molecule has 3 aromatic heterocycles. The van der Waals surface area contributed by atoms with E-state index in [1.807, 2.05) is 0 Å². The van der Waals surface area contributed by atoms with E-state index in [4.69, 9.17) is 4.74 Å². The Hall–Kier alpha value is -3.56. The smallest absolute Gasteiger partial charge is 0.417 e. The van der Waals surface area contributed by atoms with Crippen LogP contribution >= 0.6 is 0 Å². The highest BCUT2D eigenvalue weighted by atomic mass is 19.4. The van der Waals surface area contributed by atoms with Gasteiger partial charge in [-0.3, -0.25) is 14.8 Å². The minimum Gasteiger partial charge on any atom is -0.472 e. The van der Waals surface area contributed by atoms with E-state index in [0.29, 0.717) is 25.1 Å². The zero-order valence-corrected chi connectivity index (χ0v) is 18.1. The molecule has 0 radical (unpaired) electrons. The molecular weight excluding hydrogens is 452 g/mol. The van der Waals surface area contributed by atoms with Gasteiger partial charge in [-0.1, -0.05) is 0 Å². The number of rotatable bonds is 4. The largest absolute Gasteiger partial charge is 0.472 e. The van der Waals surface area contributed by atoms with Gasteiger partial charge in [-0.15, -0.1) is 0 Å². The zero-order valence-electron chi connectivity index (χ0n) is 18.1. The summed E-state index contributed by atoms with van der Waals surface area (Å²) < 4.78 is 58.7. The molecule has 3 aromatic rings. The Morgan fingerprint density at radius 3 is 2.59 bits per heavy atom. The van der Waals surface area contributed by atoms with Crippen LogP contribution in [0.25, 0.3) is 11.4 Å². The van der Waals surface area contributed by atoms with E-state index < -0.39 is 23.7 Å². The molecular formula is C24H20F4N4O2. The van der Waals surface area contributed by atoms with Gasteiger partial charge in [-0.25, -0.2) is 9.37 Å². The van der Waals surface area contributed by atoms with Crippen LogP contribution in [0.4, 0.5) is 17.6 Å². The van der Waals surface area contributed by atoms with Gasteiger partial charge < -0.3 is 9.64 Å². The van der Waals surface area contributed by atoms with E-state index in [1.165, 1.54) is 24.4 Å². The number of ether oxygens (including phenoxy) is 1. The highest BCUT2D eigenvalue weighted by Crippen LogP contribution is 2.41. The fraction of sp³-hybridized carbons (Fsp3) is 0.333. The van der Waals surface area contributed by atoms with Crippen LogP contribution in [0.2, 0.25) is 0 Å². The lowest BCUT2D eigenvalue weighted by Crippen LogP contribution is -2.47. The molecule has 6 nitrogen and oxygen atoms in total. The second-order valence-corrected chi connectivity index (χ2v) is 8.58. The average molecular weight is 472 g/mol. The number of likely N-dealkylation sites (tertiary alicyclic amines) is 1. The van der Waals surface area contributed by atoms with Crippen molar-refractivity contribution >= 4 is 5.91 Å². The highest BCUT2D eigenvalue weighted by Gasteiger charge is 2.49. The van der Waals surface area contributed by atoms with E-state index in [9.17, 15) is 22.4 Å². The summed E-state index contributed by atoms with van der Waals surface area (Å²) in [5.74, 6) is -0.617. The van der Waals surface area contributed by atoms with Gasteiger partial charge in [0.25, 0.3) is 5.91 Å². The lowest BCUT2D eigenvalue weighted by molar-refractivity contribution is -0.137. The van der Waals surface area contributed by atoms with Crippen LogP contribution < -0.4 is 4.74 Å². The molecule has 10 heteroatoms. The SMILES string of the molecule is Cc1ccc(C(=O)N2C[C@H]3C[C@@H](Oc4ccc(C(F)(F)F)cn4)[C@@H]2C3)c(-c2ncccc2F)n1. The highest BCUT2D eigenvalue weighted by molar-refractivity contribution is 6.00. The fourth-order valence-corrected chi connectivity index (χ4v) is 4.72. The summed E-state index contributed by atoms with van der Waals surface area (Å²) in [6, 6.07) is 7.87. The molecule has 1 aliphatic heterocycles. The van der Waals surface area contributed by atoms with Crippen molar-refractivity contribution in [2.75, 3.05) is 6.54 Å². The number of nitrogens with zero attached hydrogens (tertiary/aromatic N) is 4. The molecule has 1 saturated carbocycles. The summed E-state index contributed by atoms with van der Waals surface area (Å²) in [6.07, 6.45) is -1.32. The van der Waals surface area contributed by atoms with Crippen LogP contribution in [0, 0.1) is 18.7 Å². The number of piperidine rings is 1. The van der Waals surface area contributed by atoms with Crippen molar-refractivity contribution in [2.24, 2.45) is 5.92 Å². The van der Waals surface area contributed by atoms with E-state index in [-0.39, 0.29) is 40.7 Å². The summed E-state index contributed by atoms with van der Waals surface area (Å²) in [5.41, 5.74) is 0.176. The molecule has 0 spiro atoms. The van der Waals surface area contributed by atoms with Gasteiger partial charge in [0.1, 0.15) is 17.5 Å². The van der Waals surface area contributed by atoms with Crippen molar-refractivity contribution in [3.8, 4) is 17.3 Å². The molecule has 0 unspecified atom stereocenters. The third-order valence-corrected chi connectivity index (χ3v) is 6.27. The van der Waals surface area contributed by atoms with Crippen molar-refractivity contribution in [3.05, 3.63) is 71.4 Å². The molecule has 1 amide bonds. The molecule has 5 rings (SSSR count). The van der Waals surface area contributed by atoms with Crippen molar-refractivity contribution < 1.29 is 27.1 Å². The number of aryl methyl sites for hydroxylation is 1. The number of hydrogen-bond donors (Lipinski definition) is 0. The normalized spacial score (nSPS) is 21.7. The molecule has 2 aliphatic rings. The minimum absolute atomic E-state index is 0.000612. The van der Waals surface area contributed by atoms with Crippen molar-refractivity contribution in [3.63, 3.8) is 0 Å². The first-order valence-corrected chi connectivity index (χ1v) is 10.8. The van der Waals surface area contributed by atoms with Gasteiger partial charge in [0.15, 0.2) is 5.82 Å². The van der Waals surface area contributed by atoms with Gasteiger partial charge in [-0.2, -0.15) is 13.2 Å². The number of halogens is 4. The van der Waals surface area contributed by atoms with Gasteiger partial charge in [-0.05, 0) is 56.0 Å². The van der Waals surface area contributed by atoms with Gasteiger partial charge in [0.05, 0.1) is 17.2 Å². The Bertz CT molecular complexity index is 1230. The summed E-state index contributed by atoms with van der Waals surface area (Å²) in [4.78, 5) is 27.5. The lowest BCUT2D eigenvalue weighted by atomic mass is 10.0. The minimum atomic E-state index is -4.48. The van der Waals surface area contributed by atoms with Gasteiger partial charge >= 0.3 is 6.18 Å². The Labute approximate surface area is 192 Å². The van der Waals surface area contributed by atoms with Crippen molar-refractivity contribution in [1.82, 2.24) is 19.9 Å². The van der Waals surface area contributed by atoms with Crippen LogP contribution in [0.5, 0.6) is 5.88 Å². The Balaban J connectivity index is 1.39.